The molecule has 0 aromatic heterocycles. The molecule has 0 saturated carbocycles. The van der Waals surface area contributed by atoms with Gasteiger partial charge in [0.2, 0.25) is 0 Å². The van der Waals surface area contributed by atoms with Crippen LogP contribution < -0.4 is 0 Å². The summed E-state index contributed by atoms with van der Waals surface area (Å²) in [6, 6.07) is 34.2. The van der Waals surface area contributed by atoms with Crippen LogP contribution in [0.2, 0.25) is 0 Å². The Balaban J connectivity index is 1.12. The van der Waals surface area contributed by atoms with Crippen LogP contribution in [0.15, 0.2) is 97.1 Å². The zero-order chi connectivity index (χ0) is 23.7. The average molecular weight is 475 g/mol. The molecule has 178 valence electrons. The van der Waals surface area contributed by atoms with Crippen molar-refractivity contribution in [2.75, 3.05) is 0 Å². The molecule has 6 aliphatic rings. The highest BCUT2D eigenvalue weighted by Gasteiger charge is 2.53. The molecule has 2 aliphatic carbocycles. The molecule has 4 bridgehead atoms. The summed E-state index contributed by atoms with van der Waals surface area (Å²) in [6.07, 6.45) is 3.25. The first-order valence-corrected chi connectivity index (χ1v) is 12.9. The third-order valence-electron chi connectivity index (χ3n) is 8.59. The van der Waals surface area contributed by atoms with Crippen molar-refractivity contribution >= 4 is 0 Å². The van der Waals surface area contributed by atoms with E-state index in [9.17, 15) is 0 Å². The average Bonchev–Trinajstić information content (AvgIpc) is 2.96. The van der Waals surface area contributed by atoms with Gasteiger partial charge in [0.05, 0.1) is 0 Å². The van der Waals surface area contributed by atoms with Crippen molar-refractivity contribution in [3.05, 3.63) is 142 Å². The summed E-state index contributed by atoms with van der Waals surface area (Å²) in [6.45, 7) is 0. The molecule has 4 aromatic rings. The SMILES string of the molecule is c1ccc2c(c1)C1OOC2(CCCCC23OOC(c4ccccc42)c2ccccc23)c2ccccc21. The summed E-state index contributed by atoms with van der Waals surface area (Å²) < 4.78 is 0. The van der Waals surface area contributed by atoms with Crippen LogP contribution in [0.3, 0.4) is 0 Å². The van der Waals surface area contributed by atoms with Crippen LogP contribution in [0.4, 0.5) is 0 Å². The van der Waals surface area contributed by atoms with Gasteiger partial charge in [-0.25, -0.2) is 19.6 Å². The van der Waals surface area contributed by atoms with E-state index in [1.54, 1.807) is 0 Å². The van der Waals surface area contributed by atoms with Gasteiger partial charge in [0.1, 0.15) is 12.2 Å². The summed E-state index contributed by atoms with van der Waals surface area (Å²) in [5, 5.41) is 0. The summed E-state index contributed by atoms with van der Waals surface area (Å²) in [5.41, 5.74) is 8.60. The summed E-state index contributed by atoms with van der Waals surface area (Å²) >= 11 is 0. The minimum atomic E-state index is -0.586. The molecule has 0 fully saturated rings. The molecule has 0 radical (unpaired) electrons. The van der Waals surface area contributed by atoms with Crippen LogP contribution in [0.1, 0.15) is 82.4 Å². The van der Waals surface area contributed by atoms with Crippen molar-refractivity contribution in [3.63, 3.8) is 0 Å². The molecule has 0 N–H and O–H groups in total. The van der Waals surface area contributed by atoms with Gasteiger partial charge in [-0.15, -0.1) is 0 Å². The molecule has 0 unspecified atom stereocenters. The Morgan fingerprint density at radius 2 is 0.750 bits per heavy atom. The van der Waals surface area contributed by atoms with Gasteiger partial charge in [-0.2, -0.15) is 0 Å². The second kappa shape index (κ2) is 7.61. The minimum absolute atomic E-state index is 0.158. The van der Waals surface area contributed by atoms with Crippen LogP contribution in [0, 0.1) is 0 Å². The third-order valence-corrected chi connectivity index (χ3v) is 8.59. The van der Waals surface area contributed by atoms with Crippen molar-refractivity contribution in [1.82, 2.24) is 0 Å². The van der Waals surface area contributed by atoms with E-state index in [4.69, 9.17) is 19.6 Å². The Bertz CT molecular complexity index is 1280. The van der Waals surface area contributed by atoms with Crippen molar-refractivity contribution in [1.29, 1.82) is 0 Å². The molecule has 0 atom stereocenters. The molecule has 10 rings (SSSR count). The molecule has 0 amide bonds. The molecule has 36 heavy (non-hydrogen) atoms. The van der Waals surface area contributed by atoms with Gasteiger partial charge in [0, 0.05) is 0 Å². The second-order valence-electron chi connectivity index (χ2n) is 10.3. The van der Waals surface area contributed by atoms with Gasteiger partial charge < -0.3 is 0 Å². The molecule has 0 saturated heterocycles. The number of hydrogen-bond donors (Lipinski definition) is 0. The van der Waals surface area contributed by atoms with Crippen LogP contribution in [-0.4, -0.2) is 0 Å². The van der Waals surface area contributed by atoms with Crippen LogP contribution >= 0.6 is 0 Å². The van der Waals surface area contributed by atoms with Crippen molar-refractivity contribution < 1.29 is 19.6 Å². The number of unbranched alkanes of at least 4 members (excludes halogenated alkanes) is 1. The van der Waals surface area contributed by atoms with E-state index in [1.165, 1.54) is 44.5 Å². The van der Waals surface area contributed by atoms with Gasteiger partial charge in [0.25, 0.3) is 0 Å². The first kappa shape index (κ1) is 20.9. The van der Waals surface area contributed by atoms with E-state index in [0.717, 1.165) is 25.7 Å². The topological polar surface area (TPSA) is 36.9 Å². The normalized spacial score (nSPS) is 28.2. The lowest BCUT2D eigenvalue weighted by atomic mass is 9.69. The van der Waals surface area contributed by atoms with E-state index < -0.39 is 11.2 Å². The van der Waals surface area contributed by atoms with Crippen LogP contribution in [0.25, 0.3) is 0 Å². The Morgan fingerprint density at radius 1 is 0.444 bits per heavy atom. The van der Waals surface area contributed by atoms with Crippen molar-refractivity contribution in [2.24, 2.45) is 0 Å². The van der Waals surface area contributed by atoms with Crippen LogP contribution in [0.5, 0.6) is 0 Å². The zero-order valence-electron chi connectivity index (χ0n) is 19.9. The Kier molecular flexibility index (Phi) is 4.41. The summed E-state index contributed by atoms with van der Waals surface area (Å²) in [5.74, 6) is 0. The Hall–Kier alpha value is -3.28. The summed E-state index contributed by atoms with van der Waals surface area (Å²) in [4.78, 5) is 24.4. The molecule has 4 heteroatoms. The third kappa shape index (κ3) is 2.62. The second-order valence-corrected chi connectivity index (χ2v) is 10.3. The van der Waals surface area contributed by atoms with E-state index in [0.29, 0.717) is 0 Å². The highest BCUT2D eigenvalue weighted by atomic mass is 17.2. The minimum Gasteiger partial charge on any atom is -0.222 e. The maximum absolute atomic E-state index is 6.23. The summed E-state index contributed by atoms with van der Waals surface area (Å²) in [7, 11) is 0. The fourth-order valence-electron chi connectivity index (χ4n) is 7.02. The van der Waals surface area contributed by atoms with Gasteiger partial charge in [0.15, 0.2) is 11.2 Å². The lowest BCUT2D eigenvalue weighted by molar-refractivity contribution is -0.400. The maximum Gasteiger partial charge on any atom is 0.154 e. The standard InChI is InChI=1S/C32H26O4/c1-5-15-25-21(11-1)29-22-12-2-6-16-26(22)31(25,35-33-29)19-9-10-20-32-27-17-7-3-13-23(27)30(34-36-32)24-14-4-8-18-28(24)32/h1-8,11-18,29-30H,9-10,19-20H2. The number of benzene rings is 4. The zero-order valence-corrected chi connectivity index (χ0v) is 19.9. The molecule has 4 heterocycles. The van der Waals surface area contributed by atoms with E-state index in [2.05, 4.69) is 97.1 Å². The maximum atomic E-state index is 6.23. The van der Waals surface area contributed by atoms with E-state index in [1.807, 2.05) is 0 Å². The highest BCUT2D eigenvalue weighted by molar-refractivity contribution is 5.56. The van der Waals surface area contributed by atoms with Crippen molar-refractivity contribution in [2.45, 2.75) is 49.1 Å². The van der Waals surface area contributed by atoms with Gasteiger partial charge in [-0.1, -0.05) is 97.1 Å². The van der Waals surface area contributed by atoms with Gasteiger partial charge >= 0.3 is 0 Å². The van der Waals surface area contributed by atoms with Gasteiger partial charge in [-0.3, -0.25) is 0 Å². The largest absolute Gasteiger partial charge is 0.222 e. The highest BCUT2D eigenvalue weighted by Crippen LogP contribution is 2.57. The number of fused-ring (bicyclic) bond motifs is 2. The number of hydrogen-bond acceptors (Lipinski definition) is 4. The predicted molar refractivity (Wildman–Crippen MR) is 134 cm³/mol. The van der Waals surface area contributed by atoms with E-state index in [-0.39, 0.29) is 12.2 Å². The quantitative estimate of drug-likeness (QED) is 0.227. The fourth-order valence-corrected chi connectivity index (χ4v) is 7.02. The monoisotopic (exact) mass is 474 g/mol. The first-order chi connectivity index (χ1) is 17.8. The van der Waals surface area contributed by atoms with Crippen molar-refractivity contribution in [3.8, 4) is 0 Å². The molecule has 0 spiro atoms. The first-order valence-electron chi connectivity index (χ1n) is 12.9. The Morgan fingerprint density at radius 3 is 1.08 bits per heavy atom. The van der Waals surface area contributed by atoms with Gasteiger partial charge in [-0.05, 0) is 70.2 Å². The number of rotatable bonds is 5. The predicted octanol–water partition coefficient (Wildman–Crippen LogP) is 7.16. The lowest BCUT2D eigenvalue weighted by Gasteiger charge is -2.48. The molecule has 4 nitrogen and oxygen atoms in total. The Labute approximate surface area is 210 Å². The molecule has 4 aliphatic heterocycles. The van der Waals surface area contributed by atoms with Crippen LogP contribution in [-0.2, 0) is 30.8 Å². The van der Waals surface area contributed by atoms with E-state index >= 15 is 0 Å². The molecular formula is C32H26O4. The lowest BCUT2D eigenvalue weighted by Crippen LogP contribution is -2.44. The fraction of sp³-hybridized carbons (Fsp3) is 0.250. The molecule has 4 aromatic carbocycles. The smallest absolute Gasteiger partial charge is 0.154 e. The molecular weight excluding hydrogens is 448 g/mol.